The number of benzene rings is 2. The molecule has 27 heavy (non-hydrogen) atoms. The molecule has 140 valence electrons. The summed E-state index contributed by atoms with van der Waals surface area (Å²) in [6.45, 7) is 8.01. The van der Waals surface area contributed by atoms with E-state index in [1.54, 1.807) is 6.07 Å². The van der Waals surface area contributed by atoms with E-state index in [2.05, 4.69) is 15.7 Å². The zero-order valence-electron chi connectivity index (χ0n) is 15.9. The molecule has 0 radical (unpaired) electrons. The van der Waals surface area contributed by atoms with Crippen LogP contribution in [0, 0.1) is 27.7 Å². The lowest BCUT2D eigenvalue weighted by molar-refractivity contribution is -0.114. The fourth-order valence-electron chi connectivity index (χ4n) is 2.95. The summed E-state index contributed by atoms with van der Waals surface area (Å²) in [5, 5.41) is 11.4. The summed E-state index contributed by atoms with van der Waals surface area (Å²) < 4.78 is 1.85. The van der Waals surface area contributed by atoms with Crippen molar-refractivity contribution in [3.05, 3.63) is 70.0 Å². The number of nitrogens with one attached hydrogen (secondary N) is 2. The highest BCUT2D eigenvalue weighted by molar-refractivity contribution is 6.30. The summed E-state index contributed by atoms with van der Waals surface area (Å²) in [5.41, 5.74) is 6.47. The van der Waals surface area contributed by atoms with Crippen LogP contribution < -0.4 is 10.6 Å². The first kappa shape index (κ1) is 19.0. The van der Waals surface area contributed by atoms with Crippen molar-refractivity contribution in [3.8, 4) is 5.69 Å². The molecule has 3 rings (SSSR count). The first-order chi connectivity index (χ1) is 12.8. The molecule has 6 heteroatoms. The average Bonchev–Trinajstić information content (AvgIpc) is 2.90. The van der Waals surface area contributed by atoms with E-state index in [1.165, 1.54) is 5.56 Å². The van der Waals surface area contributed by atoms with Crippen LogP contribution in [0.1, 0.15) is 22.5 Å². The third-order valence-corrected chi connectivity index (χ3v) is 4.70. The molecule has 0 unspecified atom stereocenters. The first-order valence-corrected chi connectivity index (χ1v) is 9.16. The van der Waals surface area contributed by atoms with Crippen LogP contribution in [-0.2, 0) is 4.79 Å². The molecule has 2 N–H and O–H groups in total. The van der Waals surface area contributed by atoms with Gasteiger partial charge in [-0.25, -0.2) is 4.68 Å². The monoisotopic (exact) mass is 382 g/mol. The smallest absolute Gasteiger partial charge is 0.243 e. The predicted molar refractivity (Wildman–Crippen MR) is 111 cm³/mol. The van der Waals surface area contributed by atoms with Crippen molar-refractivity contribution < 1.29 is 4.79 Å². The van der Waals surface area contributed by atoms with Gasteiger partial charge in [0.15, 0.2) is 0 Å². The predicted octanol–water partition coefficient (Wildman–Crippen LogP) is 4.81. The number of aromatic nitrogens is 2. The number of anilines is 2. The Morgan fingerprint density at radius 1 is 1.07 bits per heavy atom. The molecule has 0 saturated heterocycles. The van der Waals surface area contributed by atoms with E-state index in [0.717, 1.165) is 34.0 Å². The minimum Gasteiger partial charge on any atom is -0.376 e. The summed E-state index contributed by atoms with van der Waals surface area (Å²) in [7, 11) is 0. The Balaban J connectivity index is 1.71. The molecular weight excluding hydrogens is 360 g/mol. The number of rotatable bonds is 5. The van der Waals surface area contributed by atoms with E-state index >= 15 is 0 Å². The molecule has 0 aliphatic rings. The van der Waals surface area contributed by atoms with E-state index in [1.807, 2.05) is 68.8 Å². The van der Waals surface area contributed by atoms with Gasteiger partial charge < -0.3 is 10.6 Å². The minimum atomic E-state index is -0.126. The first-order valence-electron chi connectivity index (χ1n) is 8.78. The van der Waals surface area contributed by atoms with Gasteiger partial charge in [0.2, 0.25) is 5.91 Å². The topological polar surface area (TPSA) is 59.0 Å². The average molecular weight is 383 g/mol. The molecule has 5 nitrogen and oxygen atoms in total. The molecule has 0 fully saturated rings. The van der Waals surface area contributed by atoms with Crippen molar-refractivity contribution in [3.63, 3.8) is 0 Å². The Bertz CT molecular complexity index is 977. The molecule has 0 aliphatic heterocycles. The molecule has 1 aromatic heterocycles. The molecule has 0 saturated carbocycles. The number of carbonyl (C=O) groups is 1. The van der Waals surface area contributed by atoms with Crippen LogP contribution in [0.15, 0.2) is 42.5 Å². The lowest BCUT2D eigenvalue weighted by Gasteiger charge is -2.11. The third-order valence-electron chi connectivity index (χ3n) is 4.46. The second-order valence-electron chi connectivity index (χ2n) is 6.65. The van der Waals surface area contributed by atoms with E-state index in [9.17, 15) is 4.79 Å². The number of halogens is 1. The highest BCUT2D eigenvalue weighted by Gasteiger charge is 2.15. The maximum absolute atomic E-state index is 12.4. The van der Waals surface area contributed by atoms with E-state index < -0.39 is 0 Å². The van der Waals surface area contributed by atoms with Gasteiger partial charge in [-0.15, -0.1) is 0 Å². The van der Waals surface area contributed by atoms with E-state index in [4.69, 9.17) is 11.6 Å². The SMILES string of the molecule is Cc1ccc(-n2nc(C)c(NC(=O)CNc3ccc(Cl)cc3C)c2C)cc1. The molecule has 1 heterocycles. The van der Waals surface area contributed by atoms with Gasteiger partial charge in [-0.3, -0.25) is 4.79 Å². The number of aryl methyl sites for hydroxylation is 3. The minimum absolute atomic E-state index is 0.126. The number of carbonyl (C=O) groups excluding carboxylic acids is 1. The molecule has 1 amide bonds. The van der Waals surface area contributed by atoms with Gasteiger partial charge in [0.05, 0.1) is 29.3 Å². The molecule has 3 aromatic rings. The van der Waals surface area contributed by atoms with Gasteiger partial charge in [0, 0.05) is 10.7 Å². The van der Waals surface area contributed by atoms with E-state index in [0.29, 0.717) is 5.02 Å². The Labute approximate surface area is 164 Å². The highest BCUT2D eigenvalue weighted by atomic mass is 35.5. The maximum Gasteiger partial charge on any atom is 0.243 e. The van der Waals surface area contributed by atoms with Crippen LogP contribution in [0.3, 0.4) is 0 Å². The largest absolute Gasteiger partial charge is 0.376 e. The molecule has 0 aliphatic carbocycles. The summed E-state index contributed by atoms with van der Waals surface area (Å²) in [5.74, 6) is -0.126. The standard InChI is InChI=1S/C21H23ClN4O/c1-13-5-8-18(9-6-13)26-16(4)21(15(3)25-26)24-20(27)12-23-19-10-7-17(22)11-14(19)2/h5-11,23H,12H2,1-4H3,(H,24,27). The Morgan fingerprint density at radius 3 is 2.44 bits per heavy atom. The fraction of sp³-hybridized carbons (Fsp3) is 0.238. The Hall–Kier alpha value is -2.79. The molecular formula is C21H23ClN4O. The quantitative estimate of drug-likeness (QED) is 0.665. The van der Waals surface area contributed by atoms with Gasteiger partial charge in [0.25, 0.3) is 0 Å². The zero-order chi connectivity index (χ0) is 19.6. The van der Waals surface area contributed by atoms with Crippen LogP contribution in [-0.4, -0.2) is 22.2 Å². The van der Waals surface area contributed by atoms with Crippen LogP contribution in [0.4, 0.5) is 11.4 Å². The number of hydrogen-bond donors (Lipinski definition) is 2. The fourth-order valence-corrected chi connectivity index (χ4v) is 3.17. The van der Waals surface area contributed by atoms with Crippen molar-refractivity contribution in [1.82, 2.24) is 9.78 Å². The van der Waals surface area contributed by atoms with Crippen molar-refractivity contribution >= 4 is 28.9 Å². The summed E-state index contributed by atoms with van der Waals surface area (Å²) in [4.78, 5) is 12.4. The van der Waals surface area contributed by atoms with Gasteiger partial charge in [-0.05, 0) is 63.6 Å². The number of hydrogen-bond acceptors (Lipinski definition) is 3. The molecule has 0 bridgehead atoms. The molecule has 2 aromatic carbocycles. The summed E-state index contributed by atoms with van der Waals surface area (Å²) >= 11 is 5.97. The van der Waals surface area contributed by atoms with Crippen molar-refractivity contribution in [2.24, 2.45) is 0 Å². The second-order valence-corrected chi connectivity index (χ2v) is 7.09. The van der Waals surface area contributed by atoms with Crippen LogP contribution in [0.2, 0.25) is 5.02 Å². The molecule has 0 spiro atoms. The second kappa shape index (κ2) is 7.84. The van der Waals surface area contributed by atoms with Crippen molar-refractivity contribution in [1.29, 1.82) is 0 Å². The van der Waals surface area contributed by atoms with Gasteiger partial charge in [-0.2, -0.15) is 5.10 Å². The number of nitrogens with zero attached hydrogens (tertiary/aromatic N) is 2. The molecule has 0 atom stereocenters. The normalized spacial score (nSPS) is 10.7. The highest BCUT2D eigenvalue weighted by Crippen LogP contribution is 2.23. The maximum atomic E-state index is 12.4. The summed E-state index contributed by atoms with van der Waals surface area (Å²) in [6, 6.07) is 13.7. The Morgan fingerprint density at radius 2 is 1.78 bits per heavy atom. The van der Waals surface area contributed by atoms with Crippen molar-refractivity contribution in [2.45, 2.75) is 27.7 Å². The van der Waals surface area contributed by atoms with Gasteiger partial charge in [-0.1, -0.05) is 29.3 Å². The van der Waals surface area contributed by atoms with E-state index in [-0.39, 0.29) is 12.5 Å². The van der Waals surface area contributed by atoms with Crippen LogP contribution in [0.5, 0.6) is 0 Å². The lowest BCUT2D eigenvalue weighted by atomic mass is 10.2. The van der Waals surface area contributed by atoms with Crippen LogP contribution in [0.25, 0.3) is 5.69 Å². The van der Waals surface area contributed by atoms with Gasteiger partial charge in [0.1, 0.15) is 0 Å². The Kier molecular flexibility index (Phi) is 5.51. The zero-order valence-corrected chi connectivity index (χ0v) is 16.7. The van der Waals surface area contributed by atoms with Gasteiger partial charge >= 0.3 is 0 Å². The third kappa shape index (κ3) is 4.31. The van der Waals surface area contributed by atoms with Crippen molar-refractivity contribution in [2.75, 3.05) is 17.2 Å². The lowest BCUT2D eigenvalue weighted by Crippen LogP contribution is -2.22. The number of amides is 1. The summed E-state index contributed by atoms with van der Waals surface area (Å²) in [6.07, 6.45) is 0. The van der Waals surface area contributed by atoms with Crippen LogP contribution >= 0.6 is 11.6 Å².